The van der Waals surface area contributed by atoms with Crippen molar-refractivity contribution in [3.63, 3.8) is 0 Å². The van der Waals surface area contributed by atoms with Crippen LogP contribution in [0.4, 0.5) is 5.69 Å². The van der Waals surface area contributed by atoms with Crippen LogP contribution in [0.3, 0.4) is 0 Å². The fraction of sp³-hybridized carbons (Fsp3) is 0.333. The third-order valence-electron chi connectivity index (χ3n) is 3.55. The highest BCUT2D eigenvalue weighted by atomic mass is 32.2. The molecule has 2 aromatic rings. The van der Waals surface area contributed by atoms with Gasteiger partial charge in [0.05, 0.1) is 11.5 Å². The summed E-state index contributed by atoms with van der Waals surface area (Å²) in [6, 6.07) is 14.1. The van der Waals surface area contributed by atoms with Crippen LogP contribution in [0.2, 0.25) is 0 Å². The zero-order valence-electron chi connectivity index (χ0n) is 14.0. The molecule has 2 rings (SSSR count). The van der Waals surface area contributed by atoms with E-state index in [-0.39, 0.29) is 10.3 Å². The predicted octanol–water partition coefficient (Wildman–Crippen LogP) is 3.93. The number of ether oxygens (including phenoxy) is 1. The van der Waals surface area contributed by atoms with Gasteiger partial charge in [0.2, 0.25) is 0 Å². The van der Waals surface area contributed by atoms with Crippen LogP contribution in [-0.2, 0) is 26.8 Å². The van der Waals surface area contributed by atoms with Crippen LogP contribution in [0.15, 0.2) is 53.4 Å². The maximum Gasteiger partial charge on any atom is 0.261 e. The first kappa shape index (κ1) is 17.5. The number of hydrogen-bond donors (Lipinski definition) is 1. The summed E-state index contributed by atoms with van der Waals surface area (Å²) in [7, 11) is -1.98. The van der Waals surface area contributed by atoms with Crippen LogP contribution in [0.25, 0.3) is 0 Å². The first-order valence-electron chi connectivity index (χ1n) is 7.43. The molecule has 124 valence electrons. The molecule has 0 saturated heterocycles. The number of sulfonamides is 1. The quantitative estimate of drug-likeness (QED) is 0.902. The lowest BCUT2D eigenvalue weighted by Crippen LogP contribution is -2.14. The molecule has 1 N–H and O–H groups in total. The van der Waals surface area contributed by atoms with Crippen LogP contribution in [-0.4, -0.2) is 15.5 Å². The molecule has 0 aliphatic heterocycles. The molecular formula is C18H23NO3S. The summed E-state index contributed by atoms with van der Waals surface area (Å²) < 4.78 is 32.4. The number of methoxy groups -OCH3 is 1. The van der Waals surface area contributed by atoms with Crippen LogP contribution in [0.5, 0.6) is 0 Å². The molecule has 0 aliphatic rings. The van der Waals surface area contributed by atoms with E-state index in [1.807, 2.05) is 12.1 Å². The standard InChI is InChI=1S/C18H23NO3S/c1-18(2,3)15-7-9-16(10-8-15)19-23(20,21)17-11-5-14(6-12-17)13-22-4/h5-12,19H,13H2,1-4H3. The van der Waals surface area contributed by atoms with Crippen LogP contribution < -0.4 is 4.72 Å². The van der Waals surface area contributed by atoms with E-state index in [0.717, 1.165) is 11.1 Å². The lowest BCUT2D eigenvalue weighted by Gasteiger charge is -2.19. The van der Waals surface area contributed by atoms with Crippen molar-refractivity contribution >= 4 is 15.7 Å². The monoisotopic (exact) mass is 333 g/mol. The van der Waals surface area contributed by atoms with Crippen molar-refractivity contribution in [2.45, 2.75) is 37.7 Å². The Labute approximate surface area is 138 Å². The fourth-order valence-corrected chi connectivity index (χ4v) is 3.24. The average Bonchev–Trinajstić information content (AvgIpc) is 2.47. The average molecular weight is 333 g/mol. The lowest BCUT2D eigenvalue weighted by molar-refractivity contribution is 0.185. The summed E-state index contributed by atoms with van der Waals surface area (Å²) in [5.74, 6) is 0. The van der Waals surface area contributed by atoms with Crippen molar-refractivity contribution in [3.05, 3.63) is 59.7 Å². The van der Waals surface area contributed by atoms with Crippen LogP contribution >= 0.6 is 0 Å². The van der Waals surface area contributed by atoms with E-state index in [4.69, 9.17) is 4.74 Å². The van der Waals surface area contributed by atoms with Gasteiger partial charge in [-0.25, -0.2) is 8.42 Å². The highest BCUT2D eigenvalue weighted by Crippen LogP contribution is 2.24. The molecule has 23 heavy (non-hydrogen) atoms. The summed E-state index contributed by atoms with van der Waals surface area (Å²) >= 11 is 0. The molecule has 0 heterocycles. The minimum absolute atomic E-state index is 0.0363. The third-order valence-corrected chi connectivity index (χ3v) is 4.94. The second kappa shape index (κ2) is 6.72. The fourth-order valence-electron chi connectivity index (χ4n) is 2.18. The predicted molar refractivity (Wildman–Crippen MR) is 93.1 cm³/mol. The topological polar surface area (TPSA) is 55.4 Å². The largest absolute Gasteiger partial charge is 0.380 e. The van der Waals surface area contributed by atoms with E-state index >= 15 is 0 Å². The van der Waals surface area contributed by atoms with Gasteiger partial charge in [0.15, 0.2) is 0 Å². The highest BCUT2D eigenvalue weighted by Gasteiger charge is 2.16. The lowest BCUT2D eigenvalue weighted by atomic mass is 9.87. The van der Waals surface area contributed by atoms with E-state index in [1.54, 1.807) is 43.5 Å². The summed E-state index contributed by atoms with van der Waals surface area (Å²) in [4.78, 5) is 0.234. The third kappa shape index (κ3) is 4.56. The van der Waals surface area contributed by atoms with Gasteiger partial charge in [-0.1, -0.05) is 45.0 Å². The molecule has 0 spiro atoms. The van der Waals surface area contributed by atoms with Gasteiger partial charge < -0.3 is 4.74 Å². The van der Waals surface area contributed by atoms with Gasteiger partial charge >= 0.3 is 0 Å². The van der Waals surface area contributed by atoms with E-state index in [1.165, 1.54) is 0 Å². The van der Waals surface area contributed by atoms with Gasteiger partial charge in [-0.2, -0.15) is 0 Å². The van der Waals surface area contributed by atoms with Crippen molar-refractivity contribution in [3.8, 4) is 0 Å². The second-order valence-corrected chi connectivity index (χ2v) is 8.19. The van der Waals surface area contributed by atoms with Gasteiger partial charge in [-0.15, -0.1) is 0 Å². The highest BCUT2D eigenvalue weighted by molar-refractivity contribution is 7.92. The van der Waals surface area contributed by atoms with E-state index in [9.17, 15) is 8.42 Å². The molecule has 0 aromatic heterocycles. The molecule has 4 nitrogen and oxygen atoms in total. The Morgan fingerprint density at radius 1 is 0.957 bits per heavy atom. The van der Waals surface area contributed by atoms with Crippen LogP contribution in [0.1, 0.15) is 31.9 Å². The molecular weight excluding hydrogens is 310 g/mol. The van der Waals surface area contributed by atoms with Gasteiger partial charge in [-0.3, -0.25) is 4.72 Å². The Morgan fingerprint density at radius 3 is 2.00 bits per heavy atom. The minimum Gasteiger partial charge on any atom is -0.380 e. The number of nitrogens with one attached hydrogen (secondary N) is 1. The first-order valence-corrected chi connectivity index (χ1v) is 8.92. The Morgan fingerprint density at radius 2 is 1.52 bits per heavy atom. The van der Waals surface area contributed by atoms with Crippen molar-refractivity contribution < 1.29 is 13.2 Å². The molecule has 0 saturated carbocycles. The Bertz CT molecular complexity index is 742. The number of hydrogen-bond acceptors (Lipinski definition) is 3. The van der Waals surface area contributed by atoms with Crippen LogP contribution in [0, 0.1) is 0 Å². The van der Waals surface area contributed by atoms with Gasteiger partial charge in [0.25, 0.3) is 10.0 Å². The van der Waals surface area contributed by atoms with Gasteiger partial charge in [-0.05, 0) is 40.8 Å². The second-order valence-electron chi connectivity index (χ2n) is 6.51. The summed E-state index contributed by atoms with van der Waals surface area (Å²) in [5.41, 5.74) is 2.68. The molecule has 0 unspecified atom stereocenters. The van der Waals surface area contributed by atoms with Gasteiger partial charge in [0, 0.05) is 12.8 Å². The number of rotatable bonds is 5. The summed E-state index contributed by atoms with van der Waals surface area (Å²) in [6.07, 6.45) is 0. The molecule has 5 heteroatoms. The molecule has 0 radical (unpaired) electrons. The smallest absolute Gasteiger partial charge is 0.261 e. The van der Waals surface area contributed by atoms with Crippen molar-refractivity contribution in [2.75, 3.05) is 11.8 Å². The zero-order valence-corrected chi connectivity index (χ0v) is 14.8. The molecule has 0 atom stereocenters. The zero-order chi connectivity index (χ0) is 17.1. The maximum absolute atomic E-state index is 12.4. The molecule has 0 fully saturated rings. The summed E-state index contributed by atoms with van der Waals surface area (Å²) in [5, 5.41) is 0. The maximum atomic E-state index is 12.4. The van der Waals surface area contributed by atoms with Crippen molar-refractivity contribution in [2.24, 2.45) is 0 Å². The molecule has 0 bridgehead atoms. The van der Waals surface area contributed by atoms with E-state index < -0.39 is 10.0 Å². The SMILES string of the molecule is COCc1ccc(S(=O)(=O)Nc2ccc(C(C)(C)C)cc2)cc1. The first-order chi connectivity index (χ1) is 10.7. The van der Waals surface area contributed by atoms with E-state index in [2.05, 4.69) is 25.5 Å². The minimum atomic E-state index is -3.58. The number of benzene rings is 2. The molecule has 2 aromatic carbocycles. The normalized spacial score (nSPS) is 12.2. The Balaban J connectivity index is 2.17. The Hall–Kier alpha value is -1.85. The molecule has 0 amide bonds. The van der Waals surface area contributed by atoms with E-state index in [0.29, 0.717) is 12.3 Å². The van der Waals surface area contributed by atoms with Crippen molar-refractivity contribution in [1.29, 1.82) is 0 Å². The summed E-state index contributed by atoms with van der Waals surface area (Å²) in [6.45, 7) is 6.82. The Kier molecular flexibility index (Phi) is 5.12. The number of anilines is 1. The van der Waals surface area contributed by atoms with Crippen molar-refractivity contribution in [1.82, 2.24) is 0 Å². The van der Waals surface area contributed by atoms with Gasteiger partial charge in [0.1, 0.15) is 0 Å². The molecule has 0 aliphatic carbocycles.